The van der Waals surface area contributed by atoms with Crippen LogP contribution in [0.3, 0.4) is 0 Å². The Morgan fingerprint density at radius 3 is 2.37 bits per heavy atom. The molecule has 1 aliphatic rings. The molecule has 0 spiro atoms. The van der Waals surface area contributed by atoms with Crippen molar-refractivity contribution in [2.24, 2.45) is 4.99 Å². The molecule has 3 heterocycles. The molecule has 7 nitrogen and oxygen atoms in total. The van der Waals surface area contributed by atoms with Crippen molar-refractivity contribution >= 4 is 27.0 Å². The predicted octanol–water partition coefficient (Wildman–Crippen LogP) is 5.86. The van der Waals surface area contributed by atoms with Crippen LogP contribution >= 0.6 is 11.3 Å². The minimum atomic E-state index is -3.49. The lowest BCUT2D eigenvalue weighted by Gasteiger charge is -2.20. The molecule has 0 radical (unpaired) electrons. The van der Waals surface area contributed by atoms with E-state index in [0.717, 1.165) is 58.7 Å². The van der Waals surface area contributed by atoms with E-state index in [1.807, 2.05) is 61.7 Å². The molecule has 38 heavy (non-hydrogen) atoms. The van der Waals surface area contributed by atoms with Crippen LogP contribution in [0.2, 0.25) is 0 Å². The molecule has 0 atom stereocenters. The third kappa shape index (κ3) is 6.06. The van der Waals surface area contributed by atoms with E-state index in [4.69, 9.17) is 9.73 Å². The fraction of sp³-hybridized carbons (Fsp3) is 0.310. The molecule has 0 unspecified atom stereocenters. The van der Waals surface area contributed by atoms with Crippen molar-refractivity contribution in [1.29, 1.82) is 0 Å². The van der Waals surface area contributed by atoms with Crippen molar-refractivity contribution in [2.75, 3.05) is 19.7 Å². The molecule has 1 aliphatic heterocycles. The zero-order valence-corrected chi connectivity index (χ0v) is 23.1. The summed E-state index contributed by atoms with van der Waals surface area (Å²) >= 11 is 1.55. The number of nitrogens with zero attached hydrogens (tertiary/aromatic N) is 4. The van der Waals surface area contributed by atoms with Crippen LogP contribution in [0.15, 0.2) is 88.3 Å². The summed E-state index contributed by atoms with van der Waals surface area (Å²) in [5.74, 6) is 0.816. The number of pyridine rings is 1. The molecular weight excluding hydrogens is 516 g/mol. The second-order valence-electron chi connectivity index (χ2n) is 9.23. The monoisotopic (exact) mass is 548 g/mol. The summed E-state index contributed by atoms with van der Waals surface area (Å²) in [5, 5.41) is 2.07. The first-order valence-corrected chi connectivity index (χ1v) is 15.3. The zero-order valence-electron chi connectivity index (χ0n) is 21.5. The third-order valence-corrected chi connectivity index (χ3v) is 9.36. The minimum absolute atomic E-state index is 0.344. The van der Waals surface area contributed by atoms with Gasteiger partial charge in [0.25, 0.3) is 0 Å². The molecule has 0 bridgehead atoms. The van der Waals surface area contributed by atoms with Gasteiger partial charge in [-0.15, -0.1) is 11.3 Å². The van der Waals surface area contributed by atoms with Gasteiger partial charge in [-0.2, -0.15) is 4.31 Å². The first kappa shape index (κ1) is 26.3. The molecule has 198 valence electrons. The molecule has 1 fully saturated rings. The molecule has 5 rings (SSSR count). The second kappa shape index (κ2) is 12.1. The maximum atomic E-state index is 13.3. The predicted molar refractivity (Wildman–Crippen MR) is 151 cm³/mol. The summed E-state index contributed by atoms with van der Waals surface area (Å²) < 4.78 is 35.9. The van der Waals surface area contributed by atoms with Crippen LogP contribution in [0.25, 0.3) is 11.3 Å². The van der Waals surface area contributed by atoms with E-state index in [1.165, 1.54) is 0 Å². The number of benzene rings is 2. The Bertz CT molecular complexity index is 1500. The van der Waals surface area contributed by atoms with Gasteiger partial charge < -0.3 is 9.30 Å². The Morgan fingerprint density at radius 1 is 0.974 bits per heavy atom. The van der Waals surface area contributed by atoms with Gasteiger partial charge in [-0.25, -0.2) is 13.4 Å². The lowest BCUT2D eigenvalue weighted by molar-refractivity contribution is 0.340. The van der Waals surface area contributed by atoms with E-state index in [0.29, 0.717) is 31.1 Å². The molecule has 2 aromatic heterocycles. The molecular formula is C29H32N4O3S2. The fourth-order valence-electron chi connectivity index (χ4n) is 4.60. The van der Waals surface area contributed by atoms with Gasteiger partial charge >= 0.3 is 0 Å². The highest BCUT2D eigenvalue weighted by Gasteiger charge is 2.25. The summed E-state index contributed by atoms with van der Waals surface area (Å²) in [6.07, 6.45) is 7.62. The van der Waals surface area contributed by atoms with Crippen molar-refractivity contribution in [2.45, 2.75) is 44.0 Å². The summed E-state index contributed by atoms with van der Waals surface area (Å²) in [5.41, 5.74) is 3.80. The first-order chi connectivity index (χ1) is 18.5. The van der Waals surface area contributed by atoms with Crippen LogP contribution in [0, 0.1) is 0 Å². The lowest BCUT2D eigenvalue weighted by Crippen LogP contribution is -2.31. The van der Waals surface area contributed by atoms with Gasteiger partial charge in [0, 0.05) is 30.9 Å². The molecule has 2 aromatic carbocycles. The van der Waals surface area contributed by atoms with Crippen molar-refractivity contribution in [3.63, 3.8) is 0 Å². The van der Waals surface area contributed by atoms with Crippen molar-refractivity contribution in [3.8, 4) is 17.0 Å². The quantitative estimate of drug-likeness (QED) is 0.277. The smallest absolute Gasteiger partial charge is 0.243 e. The highest BCUT2D eigenvalue weighted by atomic mass is 32.2. The number of sulfonamides is 1. The van der Waals surface area contributed by atoms with Crippen LogP contribution in [0.1, 0.15) is 38.2 Å². The van der Waals surface area contributed by atoms with Gasteiger partial charge in [0.15, 0.2) is 4.80 Å². The molecule has 0 saturated carbocycles. The summed E-state index contributed by atoms with van der Waals surface area (Å²) in [6, 6.07) is 18.9. The minimum Gasteiger partial charge on any atom is -0.494 e. The van der Waals surface area contributed by atoms with Gasteiger partial charge in [-0.3, -0.25) is 4.98 Å². The van der Waals surface area contributed by atoms with Crippen LogP contribution in [-0.4, -0.2) is 42.0 Å². The van der Waals surface area contributed by atoms with Gasteiger partial charge in [0.1, 0.15) is 5.75 Å². The normalized spacial score (nSPS) is 15.3. The number of thiazole rings is 1. The van der Waals surface area contributed by atoms with Crippen LogP contribution in [-0.2, 0) is 16.6 Å². The number of rotatable bonds is 8. The topological polar surface area (TPSA) is 76.8 Å². The van der Waals surface area contributed by atoms with E-state index in [2.05, 4.69) is 14.9 Å². The van der Waals surface area contributed by atoms with E-state index >= 15 is 0 Å². The molecule has 9 heteroatoms. The van der Waals surface area contributed by atoms with Crippen LogP contribution in [0.5, 0.6) is 5.75 Å². The Hall–Kier alpha value is -3.27. The van der Waals surface area contributed by atoms with Crippen LogP contribution in [0.4, 0.5) is 5.69 Å². The largest absolute Gasteiger partial charge is 0.494 e. The number of hydrogen-bond acceptors (Lipinski definition) is 6. The molecule has 0 N–H and O–H groups in total. The highest BCUT2D eigenvalue weighted by Crippen LogP contribution is 2.26. The third-order valence-electron chi connectivity index (χ3n) is 6.59. The summed E-state index contributed by atoms with van der Waals surface area (Å²) in [7, 11) is -3.49. The highest BCUT2D eigenvalue weighted by molar-refractivity contribution is 7.89. The molecule has 1 saturated heterocycles. The Labute approximate surface area is 228 Å². The van der Waals surface area contributed by atoms with Gasteiger partial charge in [0.2, 0.25) is 10.0 Å². The van der Waals surface area contributed by atoms with Crippen molar-refractivity contribution < 1.29 is 13.2 Å². The van der Waals surface area contributed by atoms with E-state index in [-0.39, 0.29) is 0 Å². The van der Waals surface area contributed by atoms with Crippen molar-refractivity contribution in [3.05, 3.63) is 88.8 Å². The fourth-order valence-corrected chi connectivity index (χ4v) is 7.04. The van der Waals surface area contributed by atoms with Gasteiger partial charge in [-0.05, 0) is 73.4 Å². The van der Waals surface area contributed by atoms with E-state index in [1.54, 1.807) is 34.0 Å². The lowest BCUT2D eigenvalue weighted by atomic mass is 10.1. The first-order valence-electron chi connectivity index (χ1n) is 13.0. The zero-order chi connectivity index (χ0) is 26.4. The van der Waals surface area contributed by atoms with Crippen LogP contribution < -0.4 is 9.54 Å². The Balaban J connectivity index is 1.49. The Kier molecular flexibility index (Phi) is 8.36. The van der Waals surface area contributed by atoms with Gasteiger partial charge in [0.05, 0.1) is 29.4 Å². The Morgan fingerprint density at radius 2 is 1.71 bits per heavy atom. The molecule has 0 amide bonds. The summed E-state index contributed by atoms with van der Waals surface area (Å²) in [6.45, 7) is 4.36. The number of aromatic nitrogens is 2. The van der Waals surface area contributed by atoms with Gasteiger partial charge in [-0.1, -0.05) is 31.0 Å². The average Bonchev–Trinajstić information content (AvgIpc) is 3.13. The maximum Gasteiger partial charge on any atom is 0.243 e. The SMILES string of the molecule is CCOc1ccc(N=c2scc(-c3ccc(S(=O)(=O)N4CCCCCC4)cc3)n2Cc2cccnc2)cc1. The molecule has 4 aromatic rings. The van der Waals surface area contributed by atoms with E-state index < -0.39 is 10.0 Å². The van der Waals surface area contributed by atoms with E-state index in [9.17, 15) is 8.42 Å². The summed E-state index contributed by atoms with van der Waals surface area (Å²) in [4.78, 5) is 10.4. The number of ether oxygens (including phenoxy) is 1. The number of hydrogen-bond donors (Lipinski definition) is 0. The molecule has 0 aliphatic carbocycles. The average molecular weight is 549 g/mol. The second-order valence-corrected chi connectivity index (χ2v) is 12.0. The van der Waals surface area contributed by atoms with Crippen molar-refractivity contribution in [1.82, 2.24) is 13.9 Å². The maximum absolute atomic E-state index is 13.3. The standard InChI is InChI=1S/C29H32N4O3S2/c1-2-36-26-13-11-25(12-14-26)31-29-33(21-23-8-7-17-30-20-23)28(22-37-29)24-9-15-27(16-10-24)38(34,35)32-18-5-3-4-6-19-32/h7-17,20,22H,2-6,18-19,21H2,1H3.